The van der Waals surface area contributed by atoms with Gasteiger partial charge in [0.15, 0.2) is 11.4 Å². The number of aromatic nitrogens is 5. The molecular weight excluding hydrogens is 276 g/mol. The number of carbonyl (C=O) groups excluding carboxylic acids is 1. The van der Waals surface area contributed by atoms with Crippen molar-refractivity contribution in [3.05, 3.63) is 46.5 Å². The lowest BCUT2D eigenvalue weighted by Gasteiger charge is -2.05. The third kappa shape index (κ3) is 2.43. The van der Waals surface area contributed by atoms with E-state index in [1.54, 1.807) is 18.3 Å². The summed E-state index contributed by atoms with van der Waals surface area (Å²) >= 11 is 0. The molecule has 0 aliphatic heterocycles. The molecule has 0 bridgehead atoms. The lowest BCUT2D eigenvalue weighted by molar-refractivity contribution is 0.102. The topological polar surface area (TPSA) is 114 Å². The second-order valence-corrected chi connectivity index (χ2v) is 4.13. The normalized spacial score (nSPS) is 10.5. The van der Waals surface area contributed by atoms with Gasteiger partial charge in [0.25, 0.3) is 5.91 Å². The SMILES string of the molecule is COc1c[nH]c(C(=O)Nc2ccn3nnnc3c2)cc1=O. The number of amides is 1. The van der Waals surface area contributed by atoms with Crippen LogP contribution in [0.1, 0.15) is 10.5 Å². The first-order valence-corrected chi connectivity index (χ1v) is 5.93. The first kappa shape index (κ1) is 12.8. The first-order chi connectivity index (χ1) is 10.2. The molecule has 0 aromatic carbocycles. The Balaban J connectivity index is 1.85. The van der Waals surface area contributed by atoms with Gasteiger partial charge in [0, 0.05) is 30.2 Å². The Kier molecular flexibility index (Phi) is 3.07. The Labute approximate surface area is 117 Å². The molecule has 9 heteroatoms. The molecule has 0 saturated heterocycles. The quantitative estimate of drug-likeness (QED) is 0.704. The maximum atomic E-state index is 12.1. The van der Waals surface area contributed by atoms with E-state index < -0.39 is 5.91 Å². The Morgan fingerprint density at radius 1 is 1.43 bits per heavy atom. The van der Waals surface area contributed by atoms with E-state index in [4.69, 9.17) is 4.74 Å². The molecule has 0 radical (unpaired) electrons. The Hall–Kier alpha value is -3.23. The average Bonchev–Trinajstić information content (AvgIpc) is 2.94. The summed E-state index contributed by atoms with van der Waals surface area (Å²) in [7, 11) is 1.38. The van der Waals surface area contributed by atoms with Gasteiger partial charge in [-0.1, -0.05) is 0 Å². The molecule has 21 heavy (non-hydrogen) atoms. The predicted molar refractivity (Wildman–Crippen MR) is 72.3 cm³/mol. The second-order valence-electron chi connectivity index (χ2n) is 4.13. The van der Waals surface area contributed by atoms with Crippen LogP contribution in [-0.2, 0) is 0 Å². The lowest BCUT2D eigenvalue weighted by Crippen LogP contribution is -2.17. The fourth-order valence-electron chi connectivity index (χ4n) is 1.76. The van der Waals surface area contributed by atoms with E-state index >= 15 is 0 Å². The summed E-state index contributed by atoms with van der Waals surface area (Å²) < 4.78 is 6.30. The van der Waals surface area contributed by atoms with Crippen LogP contribution in [0.15, 0.2) is 35.4 Å². The average molecular weight is 286 g/mol. The van der Waals surface area contributed by atoms with Crippen LogP contribution >= 0.6 is 0 Å². The van der Waals surface area contributed by atoms with Crippen molar-refractivity contribution in [2.75, 3.05) is 12.4 Å². The third-order valence-corrected chi connectivity index (χ3v) is 2.80. The number of anilines is 1. The second kappa shape index (κ2) is 5.04. The Bertz CT molecular complexity index is 869. The minimum absolute atomic E-state index is 0.125. The summed E-state index contributed by atoms with van der Waals surface area (Å²) in [6.07, 6.45) is 2.95. The Morgan fingerprint density at radius 2 is 2.29 bits per heavy atom. The lowest BCUT2D eigenvalue weighted by atomic mass is 10.3. The number of hydrogen-bond donors (Lipinski definition) is 2. The highest BCUT2D eigenvalue weighted by molar-refractivity contribution is 6.03. The number of H-pyrrole nitrogens is 1. The molecule has 3 aromatic rings. The minimum atomic E-state index is -0.452. The summed E-state index contributed by atoms with van der Waals surface area (Å²) in [5.41, 5.74) is 0.758. The number of aromatic amines is 1. The molecule has 0 aliphatic carbocycles. The highest BCUT2D eigenvalue weighted by Crippen LogP contribution is 2.10. The number of pyridine rings is 2. The zero-order chi connectivity index (χ0) is 14.8. The first-order valence-electron chi connectivity index (χ1n) is 5.93. The van der Waals surface area contributed by atoms with Crippen LogP contribution in [-0.4, -0.2) is 38.0 Å². The zero-order valence-electron chi connectivity index (χ0n) is 10.9. The summed E-state index contributed by atoms with van der Waals surface area (Å²) in [5.74, 6) is -0.311. The summed E-state index contributed by atoms with van der Waals surface area (Å²) in [6.45, 7) is 0. The number of ether oxygens (including phenoxy) is 1. The molecule has 2 N–H and O–H groups in total. The molecule has 0 spiro atoms. The molecule has 0 aliphatic rings. The standard InChI is InChI=1S/C12H10N6O3/c1-21-10-6-13-8(5-9(10)19)12(20)14-7-2-3-18-11(4-7)15-16-17-18/h2-6H,1H3,(H,13,19)(H,14,20). The van der Waals surface area contributed by atoms with Crippen molar-refractivity contribution in [1.29, 1.82) is 0 Å². The van der Waals surface area contributed by atoms with Crippen molar-refractivity contribution in [2.24, 2.45) is 0 Å². The number of methoxy groups -OCH3 is 1. The number of nitrogens with zero attached hydrogens (tertiary/aromatic N) is 4. The fourth-order valence-corrected chi connectivity index (χ4v) is 1.76. The molecule has 9 nitrogen and oxygen atoms in total. The van der Waals surface area contributed by atoms with Crippen molar-refractivity contribution in [3.8, 4) is 5.75 Å². The summed E-state index contributed by atoms with van der Waals surface area (Å²) in [5, 5.41) is 13.6. The molecule has 1 amide bonds. The van der Waals surface area contributed by atoms with E-state index in [1.165, 1.54) is 23.9 Å². The van der Waals surface area contributed by atoms with Crippen LogP contribution in [0.25, 0.3) is 5.65 Å². The van der Waals surface area contributed by atoms with Crippen molar-refractivity contribution in [1.82, 2.24) is 25.0 Å². The third-order valence-electron chi connectivity index (χ3n) is 2.80. The minimum Gasteiger partial charge on any atom is -0.491 e. The van der Waals surface area contributed by atoms with Crippen molar-refractivity contribution < 1.29 is 9.53 Å². The number of rotatable bonds is 3. The van der Waals surface area contributed by atoms with E-state index in [-0.39, 0.29) is 16.9 Å². The van der Waals surface area contributed by atoms with Gasteiger partial charge in [0.05, 0.1) is 7.11 Å². The van der Waals surface area contributed by atoms with Gasteiger partial charge in [-0.05, 0) is 16.5 Å². The van der Waals surface area contributed by atoms with Crippen molar-refractivity contribution in [2.45, 2.75) is 0 Å². The highest BCUT2D eigenvalue weighted by atomic mass is 16.5. The molecule has 0 unspecified atom stereocenters. The van der Waals surface area contributed by atoms with Gasteiger partial charge >= 0.3 is 0 Å². The molecule has 0 atom stereocenters. The molecule has 0 saturated carbocycles. The van der Waals surface area contributed by atoms with E-state index in [2.05, 4.69) is 25.8 Å². The fraction of sp³-hybridized carbons (Fsp3) is 0.0833. The summed E-state index contributed by atoms with van der Waals surface area (Å²) in [6, 6.07) is 4.42. The van der Waals surface area contributed by atoms with Gasteiger partial charge in [-0.25, -0.2) is 4.52 Å². The van der Waals surface area contributed by atoms with Gasteiger partial charge < -0.3 is 15.0 Å². The molecule has 0 fully saturated rings. The van der Waals surface area contributed by atoms with E-state index in [9.17, 15) is 9.59 Å². The summed E-state index contributed by atoms with van der Waals surface area (Å²) in [4.78, 5) is 26.4. The van der Waals surface area contributed by atoms with Crippen LogP contribution in [0.4, 0.5) is 5.69 Å². The maximum Gasteiger partial charge on any atom is 0.272 e. The molecule has 3 aromatic heterocycles. The van der Waals surface area contributed by atoms with Crippen LogP contribution in [0, 0.1) is 0 Å². The van der Waals surface area contributed by atoms with Gasteiger partial charge in [-0.15, -0.1) is 5.10 Å². The van der Waals surface area contributed by atoms with E-state index in [1.807, 2.05) is 0 Å². The zero-order valence-corrected chi connectivity index (χ0v) is 10.9. The van der Waals surface area contributed by atoms with Gasteiger partial charge in [-0.3, -0.25) is 9.59 Å². The Morgan fingerprint density at radius 3 is 3.05 bits per heavy atom. The van der Waals surface area contributed by atoms with Gasteiger partial charge in [-0.2, -0.15) is 0 Å². The number of tetrazole rings is 1. The van der Waals surface area contributed by atoms with E-state index in [0.717, 1.165) is 0 Å². The van der Waals surface area contributed by atoms with Crippen LogP contribution in [0.5, 0.6) is 5.75 Å². The van der Waals surface area contributed by atoms with Crippen LogP contribution < -0.4 is 15.5 Å². The predicted octanol–water partition coefficient (Wildman–Crippen LogP) is 0.0735. The largest absolute Gasteiger partial charge is 0.491 e. The maximum absolute atomic E-state index is 12.1. The van der Waals surface area contributed by atoms with Crippen molar-refractivity contribution in [3.63, 3.8) is 0 Å². The molecule has 3 heterocycles. The van der Waals surface area contributed by atoms with E-state index in [0.29, 0.717) is 11.3 Å². The number of hydrogen-bond acceptors (Lipinski definition) is 6. The number of fused-ring (bicyclic) bond motifs is 1. The van der Waals surface area contributed by atoms with Crippen LogP contribution in [0.2, 0.25) is 0 Å². The van der Waals surface area contributed by atoms with Gasteiger partial charge in [0.2, 0.25) is 5.43 Å². The van der Waals surface area contributed by atoms with Gasteiger partial charge in [0.1, 0.15) is 5.69 Å². The monoisotopic (exact) mass is 286 g/mol. The number of carbonyl (C=O) groups is 1. The number of nitrogens with one attached hydrogen (secondary N) is 2. The molecule has 106 valence electrons. The smallest absolute Gasteiger partial charge is 0.272 e. The van der Waals surface area contributed by atoms with Crippen LogP contribution in [0.3, 0.4) is 0 Å². The highest BCUT2D eigenvalue weighted by Gasteiger charge is 2.10. The van der Waals surface area contributed by atoms with Crippen molar-refractivity contribution >= 4 is 17.2 Å². The molecular formula is C12H10N6O3. The molecule has 3 rings (SSSR count).